The van der Waals surface area contributed by atoms with E-state index in [1.807, 2.05) is 19.9 Å². The lowest BCUT2D eigenvalue weighted by molar-refractivity contribution is 0.327. The smallest absolute Gasteiger partial charge is 0.339 e. The molecule has 0 saturated heterocycles. The van der Waals surface area contributed by atoms with Crippen molar-refractivity contribution in [3.8, 4) is 11.5 Å². The van der Waals surface area contributed by atoms with Gasteiger partial charge in [-0.3, -0.25) is 0 Å². The molecule has 1 N–H and O–H groups in total. The molecule has 6 heteroatoms. The molecule has 0 spiro atoms. The fourth-order valence-electron chi connectivity index (χ4n) is 3.08. The van der Waals surface area contributed by atoms with Gasteiger partial charge in [0, 0.05) is 12.2 Å². The van der Waals surface area contributed by atoms with Crippen molar-refractivity contribution < 1.29 is 17.3 Å². The molecule has 5 nitrogen and oxygen atoms in total. The van der Waals surface area contributed by atoms with Gasteiger partial charge in [0.15, 0.2) is 11.5 Å². The number of benzene rings is 3. The Balaban J connectivity index is 1.80. The lowest BCUT2D eigenvalue weighted by Gasteiger charge is -2.15. The van der Waals surface area contributed by atoms with E-state index in [2.05, 4.69) is 37.4 Å². The number of nitrogens with one attached hydrogen (secondary N) is 1. The van der Waals surface area contributed by atoms with Crippen molar-refractivity contribution in [2.75, 3.05) is 11.9 Å². The maximum Gasteiger partial charge on any atom is 0.339 e. The molecule has 0 saturated carbocycles. The molecule has 0 heterocycles. The summed E-state index contributed by atoms with van der Waals surface area (Å²) in [5, 5.41) is 3.41. The number of aryl methyl sites for hydroxylation is 3. The van der Waals surface area contributed by atoms with Crippen molar-refractivity contribution in [1.82, 2.24) is 0 Å². The highest BCUT2D eigenvalue weighted by atomic mass is 32.2. The van der Waals surface area contributed by atoms with Crippen LogP contribution >= 0.6 is 0 Å². The molecule has 0 aliphatic heterocycles. The molecule has 0 radical (unpaired) electrons. The Bertz CT molecular complexity index is 1120. The quantitative estimate of drug-likeness (QED) is 0.490. The molecule has 0 aliphatic carbocycles. The van der Waals surface area contributed by atoms with Crippen LogP contribution in [0.3, 0.4) is 0 Å². The van der Waals surface area contributed by atoms with E-state index >= 15 is 0 Å². The Morgan fingerprint density at radius 3 is 2.20 bits per heavy atom. The average molecular weight is 426 g/mol. The highest BCUT2D eigenvalue weighted by molar-refractivity contribution is 7.87. The molecule has 0 aliphatic rings. The monoisotopic (exact) mass is 425 g/mol. The molecule has 3 aromatic rings. The minimum Gasteiger partial charge on any atom is -0.490 e. The van der Waals surface area contributed by atoms with E-state index in [9.17, 15) is 8.42 Å². The second kappa shape index (κ2) is 9.22. The maximum atomic E-state index is 12.6. The predicted molar refractivity (Wildman–Crippen MR) is 120 cm³/mol. The second-order valence-corrected chi connectivity index (χ2v) is 8.78. The van der Waals surface area contributed by atoms with Crippen LogP contribution in [-0.4, -0.2) is 15.0 Å². The lowest BCUT2D eigenvalue weighted by Crippen LogP contribution is -2.11. The zero-order valence-corrected chi connectivity index (χ0v) is 18.5. The zero-order chi connectivity index (χ0) is 21.7. The van der Waals surface area contributed by atoms with Gasteiger partial charge in [0.1, 0.15) is 4.90 Å². The third-order valence-electron chi connectivity index (χ3n) is 4.68. The molecule has 158 valence electrons. The van der Waals surface area contributed by atoms with Crippen LogP contribution in [0, 0.1) is 20.8 Å². The summed E-state index contributed by atoms with van der Waals surface area (Å²) in [7, 11) is -3.94. The fourth-order valence-corrected chi connectivity index (χ4v) is 4.02. The SMILES string of the molecule is CCOc1cc(CNc2ccc(C)cc2C)ccc1OS(=O)(=O)c1ccc(C)cc1. The Labute approximate surface area is 178 Å². The van der Waals surface area contributed by atoms with Crippen LogP contribution < -0.4 is 14.2 Å². The molecule has 3 rings (SSSR count). The highest BCUT2D eigenvalue weighted by Crippen LogP contribution is 2.31. The molecule has 0 bridgehead atoms. The molecular formula is C24H27NO4S. The standard InChI is InChI=1S/C24H27NO4S/c1-5-28-24-15-20(16-25-22-12-8-18(3)14-19(22)4)9-13-23(24)29-30(26,27)21-10-6-17(2)7-11-21/h6-15,25H,5,16H2,1-4H3. The number of anilines is 1. The summed E-state index contributed by atoms with van der Waals surface area (Å²) in [6.45, 7) is 8.85. The van der Waals surface area contributed by atoms with Crippen LogP contribution in [-0.2, 0) is 16.7 Å². The Kier molecular flexibility index (Phi) is 6.67. The molecular weight excluding hydrogens is 398 g/mol. The van der Waals surface area contributed by atoms with E-state index in [1.54, 1.807) is 24.3 Å². The van der Waals surface area contributed by atoms with E-state index in [0.717, 1.165) is 16.8 Å². The first-order valence-electron chi connectivity index (χ1n) is 9.86. The minimum atomic E-state index is -3.94. The van der Waals surface area contributed by atoms with Gasteiger partial charge in [-0.2, -0.15) is 8.42 Å². The zero-order valence-electron chi connectivity index (χ0n) is 17.7. The van der Waals surface area contributed by atoms with Gasteiger partial charge in [-0.15, -0.1) is 0 Å². The van der Waals surface area contributed by atoms with Gasteiger partial charge in [-0.25, -0.2) is 0 Å². The lowest BCUT2D eigenvalue weighted by atomic mass is 10.1. The highest BCUT2D eigenvalue weighted by Gasteiger charge is 2.19. The molecule has 3 aromatic carbocycles. The van der Waals surface area contributed by atoms with E-state index in [1.165, 1.54) is 23.3 Å². The summed E-state index contributed by atoms with van der Waals surface area (Å²) in [5.41, 5.74) is 5.38. The predicted octanol–water partition coefficient (Wildman–Crippen LogP) is 5.39. The molecule has 0 amide bonds. The van der Waals surface area contributed by atoms with Gasteiger partial charge < -0.3 is 14.2 Å². The van der Waals surface area contributed by atoms with Gasteiger partial charge >= 0.3 is 10.1 Å². The van der Waals surface area contributed by atoms with Crippen molar-refractivity contribution in [2.45, 2.75) is 39.1 Å². The first-order chi connectivity index (χ1) is 14.3. The average Bonchev–Trinajstić information content (AvgIpc) is 2.69. The van der Waals surface area contributed by atoms with Crippen molar-refractivity contribution in [2.24, 2.45) is 0 Å². The normalized spacial score (nSPS) is 11.2. The first kappa shape index (κ1) is 21.7. The topological polar surface area (TPSA) is 64.6 Å². The fraction of sp³-hybridized carbons (Fsp3) is 0.250. The molecule has 30 heavy (non-hydrogen) atoms. The van der Waals surface area contributed by atoms with Crippen LogP contribution in [0.25, 0.3) is 0 Å². The number of hydrogen-bond acceptors (Lipinski definition) is 5. The maximum absolute atomic E-state index is 12.6. The summed E-state index contributed by atoms with van der Waals surface area (Å²) in [5.74, 6) is 0.570. The van der Waals surface area contributed by atoms with E-state index in [-0.39, 0.29) is 10.6 Å². The van der Waals surface area contributed by atoms with Crippen molar-refractivity contribution in [3.63, 3.8) is 0 Å². The summed E-state index contributed by atoms with van der Waals surface area (Å²) in [4.78, 5) is 0.108. The second-order valence-electron chi connectivity index (χ2n) is 7.24. The van der Waals surface area contributed by atoms with Crippen molar-refractivity contribution in [1.29, 1.82) is 0 Å². The third kappa shape index (κ3) is 5.33. The van der Waals surface area contributed by atoms with Gasteiger partial charge in [0.25, 0.3) is 0 Å². The summed E-state index contributed by atoms with van der Waals surface area (Å²) >= 11 is 0. The van der Waals surface area contributed by atoms with Gasteiger partial charge in [0.05, 0.1) is 6.61 Å². The molecule has 0 fully saturated rings. The van der Waals surface area contributed by atoms with Crippen LogP contribution in [0.4, 0.5) is 5.69 Å². The van der Waals surface area contributed by atoms with Gasteiger partial charge in [-0.05, 0) is 69.2 Å². The van der Waals surface area contributed by atoms with Crippen molar-refractivity contribution >= 4 is 15.8 Å². The summed E-state index contributed by atoms with van der Waals surface area (Å²) in [6.07, 6.45) is 0. The van der Waals surface area contributed by atoms with E-state index in [4.69, 9.17) is 8.92 Å². The van der Waals surface area contributed by atoms with Crippen LogP contribution in [0.15, 0.2) is 65.6 Å². The summed E-state index contributed by atoms with van der Waals surface area (Å²) < 4.78 is 36.3. The van der Waals surface area contributed by atoms with Crippen LogP contribution in [0.2, 0.25) is 0 Å². The largest absolute Gasteiger partial charge is 0.490 e. The van der Waals surface area contributed by atoms with Gasteiger partial charge in [0.2, 0.25) is 0 Å². The minimum absolute atomic E-state index is 0.108. The molecule has 0 atom stereocenters. The molecule has 0 unspecified atom stereocenters. The summed E-state index contributed by atoms with van der Waals surface area (Å²) in [6, 6.07) is 18.1. The third-order valence-corrected chi connectivity index (χ3v) is 5.93. The van der Waals surface area contributed by atoms with E-state index < -0.39 is 10.1 Å². The van der Waals surface area contributed by atoms with Gasteiger partial charge in [-0.1, -0.05) is 41.5 Å². The molecule has 0 aromatic heterocycles. The Morgan fingerprint density at radius 1 is 0.833 bits per heavy atom. The Morgan fingerprint density at radius 2 is 1.53 bits per heavy atom. The number of rotatable bonds is 8. The van der Waals surface area contributed by atoms with Crippen LogP contribution in [0.1, 0.15) is 29.2 Å². The van der Waals surface area contributed by atoms with E-state index in [0.29, 0.717) is 18.9 Å². The Hall–Kier alpha value is -2.99. The van der Waals surface area contributed by atoms with Crippen LogP contribution in [0.5, 0.6) is 11.5 Å². The first-order valence-corrected chi connectivity index (χ1v) is 11.3. The number of ether oxygens (including phenoxy) is 1. The van der Waals surface area contributed by atoms with Crippen molar-refractivity contribution in [3.05, 3.63) is 82.9 Å². The number of hydrogen-bond donors (Lipinski definition) is 1.